The monoisotopic (exact) mass is 355 g/mol. The van der Waals surface area contributed by atoms with E-state index in [1.165, 1.54) is 15.6 Å². The van der Waals surface area contributed by atoms with Crippen LogP contribution in [0.15, 0.2) is 96.0 Å². The third-order valence-corrected chi connectivity index (χ3v) is 5.79. The van der Waals surface area contributed by atoms with Crippen LogP contribution in [-0.4, -0.2) is 5.90 Å². The van der Waals surface area contributed by atoms with E-state index in [1.54, 1.807) is 11.3 Å². The van der Waals surface area contributed by atoms with Crippen LogP contribution in [0.4, 0.5) is 0 Å². The summed E-state index contributed by atoms with van der Waals surface area (Å²) in [5.74, 6) is 0.744. The summed E-state index contributed by atoms with van der Waals surface area (Å²) in [6.45, 7) is 0. The molecular formula is C23H17NOS. The maximum absolute atomic E-state index is 6.39. The Labute approximate surface area is 156 Å². The lowest BCUT2D eigenvalue weighted by molar-refractivity contribution is 0.197. The minimum absolute atomic E-state index is 0.0289. The van der Waals surface area contributed by atoms with Gasteiger partial charge in [0, 0.05) is 4.70 Å². The fraction of sp³-hybridized carbons (Fsp3) is 0.0870. The van der Waals surface area contributed by atoms with Gasteiger partial charge in [-0.15, -0.1) is 11.3 Å². The molecule has 0 radical (unpaired) electrons. The Balaban J connectivity index is 1.58. The lowest BCUT2D eigenvalue weighted by Gasteiger charge is -2.18. The van der Waals surface area contributed by atoms with Gasteiger partial charge in [0.05, 0.1) is 4.88 Å². The molecule has 0 fully saturated rings. The van der Waals surface area contributed by atoms with E-state index < -0.39 is 0 Å². The number of ether oxygens (including phenoxy) is 1. The van der Waals surface area contributed by atoms with Crippen LogP contribution in [0.1, 0.15) is 28.1 Å². The molecule has 2 heterocycles. The third kappa shape index (κ3) is 2.71. The van der Waals surface area contributed by atoms with Crippen LogP contribution >= 0.6 is 11.3 Å². The fourth-order valence-electron chi connectivity index (χ4n) is 3.41. The van der Waals surface area contributed by atoms with Crippen molar-refractivity contribution >= 4 is 27.3 Å². The molecule has 3 aromatic carbocycles. The van der Waals surface area contributed by atoms with E-state index in [9.17, 15) is 0 Å². The normalized spacial score (nSPS) is 19.3. The predicted octanol–water partition coefficient (Wildman–Crippen LogP) is 6.16. The van der Waals surface area contributed by atoms with E-state index in [1.807, 2.05) is 12.1 Å². The van der Waals surface area contributed by atoms with E-state index in [-0.39, 0.29) is 12.1 Å². The highest BCUT2D eigenvalue weighted by Gasteiger charge is 2.34. The molecule has 2 atom stereocenters. The summed E-state index contributed by atoms with van der Waals surface area (Å²) in [6.07, 6.45) is -0.0983. The first-order chi connectivity index (χ1) is 12.9. The number of rotatable bonds is 3. The Hall–Kier alpha value is -2.91. The van der Waals surface area contributed by atoms with Crippen molar-refractivity contribution in [3.05, 3.63) is 107 Å². The largest absolute Gasteiger partial charge is 0.466 e. The van der Waals surface area contributed by atoms with Gasteiger partial charge in [0.15, 0.2) is 6.10 Å². The molecule has 5 rings (SSSR count). The van der Waals surface area contributed by atoms with E-state index in [4.69, 9.17) is 9.73 Å². The highest BCUT2D eigenvalue weighted by atomic mass is 32.1. The Bertz CT molecular complexity index is 1040. The molecule has 0 aliphatic carbocycles. The molecule has 2 nitrogen and oxygen atoms in total. The number of fused-ring (bicyclic) bond motifs is 1. The minimum atomic E-state index is -0.0983. The van der Waals surface area contributed by atoms with Crippen molar-refractivity contribution in [2.75, 3.05) is 0 Å². The summed E-state index contributed by atoms with van der Waals surface area (Å²) in [5, 5.41) is 1.23. The maximum atomic E-state index is 6.39. The van der Waals surface area contributed by atoms with Crippen LogP contribution in [0.2, 0.25) is 0 Å². The lowest BCUT2D eigenvalue weighted by Crippen LogP contribution is -2.08. The Morgan fingerprint density at radius 3 is 2.12 bits per heavy atom. The van der Waals surface area contributed by atoms with Crippen LogP contribution in [0.3, 0.4) is 0 Å². The minimum Gasteiger partial charge on any atom is -0.466 e. The first-order valence-electron chi connectivity index (χ1n) is 8.72. The molecule has 126 valence electrons. The van der Waals surface area contributed by atoms with Gasteiger partial charge in [-0.05, 0) is 28.6 Å². The van der Waals surface area contributed by atoms with Gasteiger partial charge in [-0.2, -0.15) is 0 Å². The molecule has 0 saturated heterocycles. The first kappa shape index (κ1) is 15.4. The molecule has 0 saturated carbocycles. The van der Waals surface area contributed by atoms with Crippen molar-refractivity contribution in [3.8, 4) is 0 Å². The standard InChI is InChI=1S/C23H17NOS/c1-3-9-16(10-4-1)21-22(17-11-5-2-6-12-17)25-23(24-21)20-15-18-13-7-8-14-19(18)26-20/h1-15,21-22H/t21-,22+/m0/s1. The molecule has 1 aliphatic rings. The zero-order valence-electron chi connectivity index (χ0n) is 14.1. The second-order valence-corrected chi connectivity index (χ2v) is 7.47. The van der Waals surface area contributed by atoms with E-state index >= 15 is 0 Å². The molecular weight excluding hydrogens is 338 g/mol. The number of benzene rings is 3. The topological polar surface area (TPSA) is 21.6 Å². The van der Waals surface area contributed by atoms with Crippen LogP contribution < -0.4 is 0 Å². The predicted molar refractivity (Wildman–Crippen MR) is 108 cm³/mol. The third-order valence-electron chi connectivity index (χ3n) is 4.69. The van der Waals surface area contributed by atoms with Crippen molar-refractivity contribution in [3.63, 3.8) is 0 Å². The second kappa shape index (κ2) is 6.43. The first-order valence-corrected chi connectivity index (χ1v) is 9.53. The van der Waals surface area contributed by atoms with Gasteiger partial charge >= 0.3 is 0 Å². The van der Waals surface area contributed by atoms with Gasteiger partial charge in [-0.25, -0.2) is 4.99 Å². The highest BCUT2D eigenvalue weighted by Crippen LogP contribution is 2.42. The summed E-state index contributed by atoms with van der Waals surface area (Å²) < 4.78 is 7.65. The van der Waals surface area contributed by atoms with Crippen LogP contribution in [0.5, 0.6) is 0 Å². The summed E-state index contributed by atoms with van der Waals surface area (Å²) in [6, 6.07) is 31.3. The average molecular weight is 355 g/mol. The van der Waals surface area contributed by atoms with Crippen molar-refractivity contribution < 1.29 is 4.74 Å². The molecule has 1 aliphatic heterocycles. The quantitative estimate of drug-likeness (QED) is 0.431. The summed E-state index contributed by atoms with van der Waals surface area (Å²) in [5.41, 5.74) is 2.33. The van der Waals surface area contributed by atoms with Crippen LogP contribution in [0.25, 0.3) is 10.1 Å². The summed E-state index contributed by atoms with van der Waals surface area (Å²) >= 11 is 1.73. The molecule has 0 amide bonds. The van der Waals surface area contributed by atoms with E-state index in [2.05, 4.69) is 78.9 Å². The van der Waals surface area contributed by atoms with Crippen molar-refractivity contribution in [1.82, 2.24) is 0 Å². The van der Waals surface area contributed by atoms with Gasteiger partial charge < -0.3 is 4.74 Å². The number of hydrogen-bond acceptors (Lipinski definition) is 3. The number of thiophene rings is 1. The molecule has 3 heteroatoms. The van der Waals surface area contributed by atoms with Gasteiger partial charge in [0.2, 0.25) is 5.90 Å². The highest BCUT2D eigenvalue weighted by molar-refractivity contribution is 7.20. The molecule has 1 aromatic heterocycles. The molecule has 0 spiro atoms. The maximum Gasteiger partial charge on any atom is 0.227 e. The average Bonchev–Trinajstić information content (AvgIpc) is 3.34. The second-order valence-electron chi connectivity index (χ2n) is 6.39. The van der Waals surface area contributed by atoms with E-state index in [0.29, 0.717) is 0 Å². The van der Waals surface area contributed by atoms with Crippen molar-refractivity contribution in [2.24, 2.45) is 4.99 Å². The summed E-state index contributed by atoms with van der Waals surface area (Å²) in [4.78, 5) is 6.07. The van der Waals surface area contributed by atoms with Crippen molar-refractivity contribution in [2.45, 2.75) is 12.1 Å². The zero-order valence-corrected chi connectivity index (χ0v) is 14.9. The Morgan fingerprint density at radius 2 is 1.38 bits per heavy atom. The smallest absolute Gasteiger partial charge is 0.227 e. The van der Waals surface area contributed by atoms with Gasteiger partial charge in [0.25, 0.3) is 0 Å². The van der Waals surface area contributed by atoms with Crippen molar-refractivity contribution in [1.29, 1.82) is 0 Å². The van der Waals surface area contributed by atoms with Gasteiger partial charge in [-0.1, -0.05) is 78.9 Å². The Morgan fingerprint density at radius 1 is 0.731 bits per heavy atom. The molecule has 0 N–H and O–H groups in total. The summed E-state index contributed by atoms with van der Waals surface area (Å²) in [7, 11) is 0. The SMILES string of the molecule is c1ccc([C@H]2OC(c3cc4ccccc4s3)=N[C@H]2c2ccccc2)cc1. The zero-order chi connectivity index (χ0) is 17.3. The fourth-order valence-corrected chi connectivity index (χ4v) is 4.41. The van der Waals surface area contributed by atoms with Gasteiger partial charge in [0.1, 0.15) is 6.04 Å². The molecule has 26 heavy (non-hydrogen) atoms. The number of nitrogens with zero attached hydrogens (tertiary/aromatic N) is 1. The number of hydrogen-bond donors (Lipinski definition) is 0. The lowest BCUT2D eigenvalue weighted by atomic mass is 9.97. The number of aliphatic imine (C=N–C) groups is 1. The van der Waals surface area contributed by atoms with E-state index in [0.717, 1.165) is 16.3 Å². The molecule has 4 aromatic rings. The van der Waals surface area contributed by atoms with Crippen LogP contribution in [-0.2, 0) is 4.74 Å². The van der Waals surface area contributed by atoms with Crippen LogP contribution in [0, 0.1) is 0 Å². The van der Waals surface area contributed by atoms with Gasteiger partial charge in [-0.3, -0.25) is 0 Å². The molecule has 0 unspecified atom stereocenters. The Kier molecular flexibility index (Phi) is 3.80. The molecule has 0 bridgehead atoms.